The number of aliphatic imine (C=N–C) groups is 1. The molecule has 2 heterocycles. The Morgan fingerprint density at radius 2 is 2.00 bits per heavy atom. The first-order valence-corrected chi connectivity index (χ1v) is 8.17. The lowest BCUT2D eigenvalue weighted by Crippen LogP contribution is -2.44. The Morgan fingerprint density at radius 1 is 1.26 bits per heavy atom. The molecule has 0 spiro atoms. The Morgan fingerprint density at radius 3 is 2.70 bits per heavy atom. The van der Waals surface area contributed by atoms with Crippen LogP contribution >= 0.6 is 0 Å². The van der Waals surface area contributed by atoms with E-state index in [0.717, 1.165) is 44.2 Å². The molecule has 1 aromatic carbocycles. The molecule has 0 saturated carbocycles. The van der Waals surface area contributed by atoms with Crippen molar-refractivity contribution in [2.75, 3.05) is 43.4 Å². The van der Waals surface area contributed by atoms with E-state index in [9.17, 15) is 0 Å². The molecule has 1 aromatic rings. The molecule has 3 rings (SSSR count). The Balaban J connectivity index is 1.60. The summed E-state index contributed by atoms with van der Waals surface area (Å²) < 4.78 is 0. The zero-order valence-electron chi connectivity index (χ0n) is 13.7. The lowest BCUT2D eigenvalue weighted by Gasteiger charge is -2.34. The molecule has 0 amide bonds. The average Bonchev–Trinajstić information content (AvgIpc) is 2.57. The third-order valence-electron chi connectivity index (χ3n) is 4.24. The van der Waals surface area contributed by atoms with Crippen LogP contribution in [0.15, 0.2) is 54.2 Å². The van der Waals surface area contributed by atoms with Gasteiger partial charge in [0.05, 0.1) is 6.04 Å². The van der Waals surface area contributed by atoms with Crippen LogP contribution < -0.4 is 15.5 Å². The van der Waals surface area contributed by atoms with Crippen LogP contribution in [0.2, 0.25) is 0 Å². The van der Waals surface area contributed by atoms with Gasteiger partial charge in [0.2, 0.25) is 0 Å². The Bertz CT molecular complexity index is 582. The van der Waals surface area contributed by atoms with Crippen LogP contribution in [-0.2, 0) is 0 Å². The summed E-state index contributed by atoms with van der Waals surface area (Å²) in [7, 11) is 2.18. The number of hydrogen-bond donors (Lipinski definition) is 2. The molecule has 1 atom stereocenters. The number of likely N-dealkylation sites (N-methyl/N-ethyl adjacent to an activating group) is 1. The molecular formula is C18H25N5. The lowest BCUT2D eigenvalue weighted by molar-refractivity contribution is 0.313. The van der Waals surface area contributed by atoms with E-state index in [-0.39, 0.29) is 6.04 Å². The number of hydrogen-bond acceptors (Lipinski definition) is 5. The van der Waals surface area contributed by atoms with Crippen molar-refractivity contribution in [3.8, 4) is 0 Å². The van der Waals surface area contributed by atoms with Crippen molar-refractivity contribution in [1.82, 2.24) is 10.2 Å². The van der Waals surface area contributed by atoms with Crippen LogP contribution in [0.1, 0.15) is 6.42 Å². The van der Waals surface area contributed by atoms with E-state index in [0.29, 0.717) is 0 Å². The van der Waals surface area contributed by atoms with Gasteiger partial charge in [-0.1, -0.05) is 6.08 Å². The molecule has 1 unspecified atom stereocenters. The van der Waals surface area contributed by atoms with Gasteiger partial charge in [0.25, 0.3) is 0 Å². The predicted octanol–water partition coefficient (Wildman–Crippen LogP) is 2.27. The van der Waals surface area contributed by atoms with Gasteiger partial charge in [-0.25, -0.2) is 4.99 Å². The fraction of sp³-hybridized carbons (Fsp3) is 0.389. The molecule has 2 N–H and O–H groups in total. The van der Waals surface area contributed by atoms with Crippen molar-refractivity contribution in [2.45, 2.75) is 12.5 Å². The van der Waals surface area contributed by atoms with E-state index in [1.165, 1.54) is 5.69 Å². The van der Waals surface area contributed by atoms with Crippen molar-refractivity contribution in [1.29, 1.82) is 0 Å². The molecular weight excluding hydrogens is 286 g/mol. The first-order valence-electron chi connectivity index (χ1n) is 8.17. The molecule has 0 radical (unpaired) electrons. The molecule has 2 aliphatic heterocycles. The molecule has 23 heavy (non-hydrogen) atoms. The minimum Gasteiger partial charge on any atom is -0.369 e. The summed E-state index contributed by atoms with van der Waals surface area (Å²) in [4.78, 5) is 9.41. The van der Waals surface area contributed by atoms with E-state index < -0.39 is 0 Å². The number of nitrogens with zero attached hydrogens (tertiary/aromatic N) is 3. The van der Waals surface area contributed by atoms with Crippen molar-refractivity contribution in [2.24, 2.45) is 4.99 Å². The van der Waals surface area contributed by atoms with Crippen LogP contribution in [-0.4, -0.2) is 50.1 Å². The Hall–Kier alpha value is -2.27. The number of nitrogens with one attached hydrogen (secondary N) is 2. The highest BCUT2D eigenvalue weighted by molar-refractivity contribution is 5.95. The topological polar surface area (TPSA) is 42.9 Å². The van der Waals surface area contributed by atoms with Crippen molar-refractivity contribution >= 4 is 17.3 Å². The predicted molar refractivity (Wildman–Crippen MR) is 98.1 cm³/mol. The van der Waals surface area contributed by atoms with Crippen LogP contribution in [0.4, 0.5) is 11.4 Å². The highest BCUT2D eigenvalue weighted by Crippen LogP contribution is 2.19. The van der Waals surface area contributed by atoms with Crippen molar-refractivity contribution < 1.29 is 0 Å². The van der Waals surface area contributed by atoms with Gasteiger partial charge in [-0.3, -0.25) is 0 Å². The standard InChI is InChI=1S/C18H25N5/c1-3-4-15-9-10-19-18(20-15)21-16-5-7-17(8-6-16)23-13-11-22(2)12-14-23/h3,5-10,15H,1,4,11-14H2,2H3,(H2,19,20,21). The molecule has 122 valence electrons. The smallest absolute Gasteiger partial charge is 0.200 e. The second-order valence-electron chi connectivity index (χ2n) is 6.04. The summed E-state index contributed by atoms with van der Waals surface area (Å²) in [5.41, 5.74) is 2.33. The largest absolute Gasteiger partial charge is 0.369 e. The van der Waals surface area contributed by atoms with E-state index in [2.05, 4.69) is 63.3 Å². The molecule has 5 heteroatoms. The number of rotatable bonds is 4. The first-order chi connectivity index (χ1) is 11.2. The van der Waals surface area contributed by atoms with Gasteiger partial charge in [0.15, 0.2) is 5.96 Å². The third-order valence-corrected chi connectivity index (χ3v) is 4.24. The SMILES string of the molecule is C=CCC1C=CNC(Nc2ccc(N3CCN(C)CC3)cc2)=N1. The normalized spacial score (nSPS) is 21.5. The van der Waals surface area contributed by atoms with Crippen molar-refractivity contribution in [3.05, 3.63) is 49.2 Å². The maximum Gasteiger partial charge on any atom is 0.200 e. The second-order valence-corrected chi connectivity index (χ2v) is 6.04. The zero-order chi connectivity index (χ0) is 16.1. The maximum atomic E-state index is 4.61. The summed E-state index contributed by atoms with van der Waals surface area (Å²) in [6.45, 7) is 8.19. The Kier molecular flexibility index (Phi) is 4.98. The molecule has 0 aromatic heterocycles. The number of anilines is 2. The van der Waals surface area contributed by atoms with Crippen LogP contribution in [0.3, 0.4) is 0 Å². The fourth-order valence-electron chi connectivity index (χ4n) is 2.81. The Labute approximate surface area is 138 Å². The van der Waals surface area contributed by atoms with E-state index >= 15 is 0 Å². The molecule has 0 bridgehead atoms. The van der Waals surface area contributed by atoms with E-state index in [1.807, 2.05) is 18.4 Å². The summed E-state index contributed by atoms with van der Waals surface area (Å²) in [5.74, 6) is 0.784. The monoisotopic (exact) mass is 311 g/mol. The van der Waals surface area contributed by atoms with Gasteiger partial charge in [-0.05, 0) is 43.8 Å². The van der Waals surface area contributed by atoms with Gasteiger partial charge in [0, 0.05) is 43.8 Å². The van der Waals surface area contributed by atoms with Crippen LogP contribution in [0.5, 0.6) is 0 Å². The number of piperazine rings is 1. The van der Waals surface area contributed by atoms with E-state index in [4.69, 9.17) is 0 Å². The van der Waals surface area contributed by atoms with E-state index in [1.54, 1.807) is 0 Å². The minimum absolute atomic E-state index is 0.167. The van der Waals surface area contributed by atoms with Crippen LogP contribution in [0.25, 0.3) is 0 Å². The summed E-state index contributed by atoms with van der Waals surface area (Å²) in [6, 6.07) is 8.74. The summed E-state index contributed by atoms with van der Waals surface area (Å²) >= 11 is 0. The third kappa shape index (κ3) is 4.13. The molecule has 1 fully saturated rings. The van der Waals surface area contributed by atoms with Gasteiger partial charge in [-0.15, -0.1) is 6.58 Å². The van der Waals surface area contributed by atoms with Crippen LogP contribution in [0, 0.1) is 0 Å². The second kappa shape index (κ2) is 7.33. The minimum atomic E-state index is 0.167. The number of benzene rings is 1. The highest BCUT2D eigenvalue weighted by atomic mass is 15.2. The lowest BCUT2D eigenvalue weighted by atomic mass is 10.2. The maximum absolute atomic E-state index is 4.61. The molecule has 5 nitrogen and oxygen atoms in total. The fourth-order valence-corrected chi connectivity index (χ4v) is 2.81. The highest BCUT2D eigenvalue weighted by Gasteiger charge is 2.14. The molecule has 1 saturated heterocycles. The van der Waals surface area contributed by atoms with Gasteiger partial charge in [-0.2, -0.15) is 0 Å². The van der Waals surface area contributed by atoms with Crippen molar-refractivity contribution in [3.63, 3.8) is 0 Å². The quantitative estimate of drug-likeness (QED) is 0.837. The molecule has 0 aliphatic carbocycles. The zero-order valence-corrected chi connectivity index (χ0v) is 13.7. The summed E-state index contributed by atoms with van der Waals surface area (Å²) in [6.07, 6.45) is 6.73. The summed E-state index contributed by atoms with van der Waals surface area (Å²) in [5, 5.41) is 6.48. The number of guanidine groups is 1. The van der Waals surface area contributed by atoms with Gasteiger partial charge < -0.3 is 20.4 Å². The first kappa shape index (κ1) is 15.6. The molecule has 2 aliphatic rings. The average molecular weight is 311 g/mol. The van der Waals surface area contributed by atoms with Gasteiger partial charge >= 0.3 is 0 Å². The van der Waals surface area contributed by atoms with Gasteiger partial charge in [0.1, 0.15) is 0 Å².